The van der Waals surface area contributed by atoms with Gasteiger partial charge in [0.2, 0.25) is 0 Å². The summed E-state index contributed by atoms with van der Waals surface area (Å²) in [7, 11) is 0. The lowest BCUT2D eigenvalue weighted by Crippen LogP contribution is -2.27. The number of aromatic amines is 1. The number of fused-ring (bicyclic) bond motifs is 1. The van der Waals surface area contributed by atoms with Gasteiger partial charge >= 0.3 is 0 Å². The summed E-state index contributed by atoms with van der Waals surface area (Å²) in [6.07, 6.45) is 2.96. The number of hydrogen-bond acceptors (Lipinski definition) is 5. The highest BCUT2D eigenvalue weighted by Gasteiger charge is 2.34. The Balaban J connectivity index is 1.68. The van der Waals surface area contributed by atoms with Crippen LogP contribution in [0.25, 0.3) is 10.9 Å². The number of thioether (sulfide) groups is 1. The standard InChI is InChI=1S/C19H10Br2N2O3S2/c20-12-5-9(6-13(21)17(12)25)23-18(26)16(28-19(23)27)7-15(24)11-8-22-14-4-2-1-3-10(11)14/h1-8,22,25H/b16-7+. The molecule has 9 heteroatoms. The highest BCUT2D eigenvalue weighted by atomic mass is 79.9. The van der Waals surface area contributed by atoms with Crippen LogP contribution in [0.3, 0.4) is 0 Å². The van der Waals surface area contributed by atoms with E-state index in [4.69, 9.17) is 12.2 Å². The Labute approximate surface area is 186 Å². The Hall–Kier alpha value is -1.94. The SMILES string of the molecule is O=C(/C=C1/SC(=S)N(c2cc(Br)c(O)c(Br)c2)C1=O)c1c[nH]c2ccccc12. The van der Waals surface area contributed by atoms with Crippen LogP contribution in [0, 0.1) is 0 Å². The molecule has 0 bridgehead atoms. The molecule has 1 aromatic heterocycles. The number of phenolic OH excluding ortho intramolecular Hbond substituents is 1. The molecular weight excluding hydrogens is 528 g/mol. The van der Waals surface area contributed by atoms with Gasteiger partial charge in [-0.1, -0.05) is 42.2 Å². The molecule has 0 unspecified atom stereocenters. The molecule has 3 aromatic rings. The molecule has 28 heavy (non-hydrogen) atoms. The monoisotopic (exact) mass is 536 g/mol. The van der Waals surface area contributed by atoms with Gasteiger partial charge in [-0.2, -0.15) is 0 Å². The summed E-state index contributed by atoms with van der Waals surface area (Å²) in [5, 5.41) is 10.7. The van der Waals surface area contributed by atoms with E-state index in [-0.39, 0.29) is 22.3 Å². The molecule has 0 atom stereocenters. The minimum atomic E-state index is -0.382. The largest absolute Gasteiger partial charge is 0.506 e. The number of H-pyrrole nitrogens is 1. The number of benzene rings is 2. The normalized spacial score (nSPS) is 15.8. The number of allylic oxidation sites excluding steroid dienone is 1. The van der Waals surface area contributed by atoms with Crippen molar-refractivity contribution in [2.75, 3.05) is 4.90 Å². The van der Waals surface area contributed by atoms with Gasteiger partial charge in [0.1, 0.15) is 5.75 Å². The Bertz CT molecular complexity index is 1180. The van der Waals surface area contributed by atoms with Crippen molar-refractivity contribution >= 4 is 88.4 Å². The van der Waals surface area contributed by atoms with E-state index in [0.29, 0.717) is 24.5 Å². The molecule has 1 aliphatic rings. The van der Waals surface area contributed by atoms with Crippen molar-refractivity contribution < 1.29 is 14.7 Å². The van der Waals surface area contributed by atoms with Gasteiger partial charge in [-0.05, 0) is 50.1 Å². The van der Waals surface area contributed by atoms with Crippen LogP contribution in [0.5, 0.6) is 5.75 Å². The number of para-hydroxylation sites is 1. The molecule has 1 saturated heterocycles. The lowest BCUT2D eigenvalue weighted by atomic mass is 10.1. The van der Waals surface area contributed by atoms with E-state index >= 15 is 0 Å². The summed E-state index contributed by atoms with van der Waals surface area (Å²) in [4.78, 5) is 30.3. The maximum Gasteiger partial charge on any atom is 0.270 e. The number of amides is 1. The van der Waals surface area contributed by atoms with Gasteiger partial charge in [-0.15, -0.1) is 0 Å². The van der Waals surface area contributed by atoms with Gasteiger partial charge < -0.3 is 10.1 Å². The van der Waals surface area contributed by atoms with E-state index in [1.54, 1.807) is 18.3 Å². The molecule has 2 N–H and O–H groups in total. The number of phenols is 1. The van der Waals surface area contributed by atoms with Gasteiger partial charge in [0, 0.05) is 28.7 Å². The molecule has 0 saturated carbocycles. The molecule has 2 aromatic carbocycles. The minimum Gasteiger partial charge on any atom is -0.506 e. The number of anilines is 1. The molecule has 5 nitrogen and oxygen atoms in total. The first-order valence-corrected chi connectivity index (χ1v) is 10.7. The number of aromatic hydroxyl groups is 1. The molecule has 0 spiro atoms. The minimum absolute atomic E-state index is 0.0271. The van der Waals surface area contributed by atoms with Crippen molar-refractivity contribution in [3.63, 3.8) is 0 Å². The number of ketones is 1. The molecule has 4 rings (SSSR count). The lowest BCUT2D eigenvalue weighted by Gasteiger charge is -2.16. The third kappa shape index (κ3) is 3.32. The fourth-order valence-electron chi connectivity index (χ4n) is 2.84. The predicted octanol–water partition coefficient (Wildman–Crippen LogP) is 5.53. The Morgan fingerprint density at radius 1 is 1.21 bits per heavy atom. The number of aromatic nitrogens is 1. The Kier molecular flexibility index (Phi) is 5.17. The Morgan fingerprint density at radius 3 is 2.61 bits per heavy atom. The van der Waals surface area contributed by atoms with Gasteiger partial charge in [-0.25, -0.2) is 0 Å². The first-order chi connectivity index (χ1) is 13.4. The van der Waals surface area contributed by atoms with E-state index in [1.165, 1.54) is 11.0 Å². The van der Waals surface area contributed by atoms with Crippen LogP contribution in [0.1, 0.15) is 10.4 Å². The van der Waals surface area contributed by atoms with Crippen LogP contribution in [0.15, 0.2) is 62.5 Å². The maximum absolute atomic E-state index is 12.9. The van der Waals surface area contributed by atoms with Gasteiger partial charge in [0.05, 0.1) is 19.5 Å². The summed E-state index contributed by atoms with van der Waals surface area (Å²) >= 11 is 12.9. The van der Waals surface area contributed by atoms with Crippen molar-refractivity contribution in [3.8, 4) is 5.75 Å². The van der Waals surface area contributed by atoms with Gasteiger partial charge in [0.25, 0.3) is 5.91 Å². The summed E-state index contributed by atoms with van der Waals surface area (Å²) < 4.78 is 1.15. The number of carbonyl (C=O) groups excluding carboxylic acids is 2. The third-order valence-corrected chi connectivity index (χ3v) is 6.68. The summed E-state index contributed by atoms with van der Waals surface area (Å²) in [6, 6.07) is 10.7. The number of nitrogens with zero attached hydrogens (tertiary/aromatic N) is 1. The van der Waals surface area contributed by atoms with Crippen molar-refractivity contribution in [2.45, 2.75) is 0 Å². The van der Waals surface area contributed by atoms with Crippen molar-refractivity contribution in [1.82, 2.24) is 4.98 Å². The van der Waals surface area contributed by atoms with Crippen LogP contribution >= 0.6 is 55.8 Å². The zero-order valence-corrected chi connectivity index (χ0v) is 18.7. The van der Waals surface area contributed by atoms with Gasteiger partial charge in [-0.3, -0.25) is 14.5 Å². The van der Waals surface area contributed by atoms with Crippen LogP contribution in [0.4, 0.5) is 5.69 Å². The molecule has 1 amide bonds. The number of thiocarbonyl (C=S) groups is 1. The van der Waals surface area contributed by atoms with Crippen LogP contribution < -0.4 is 4.90 Å². The highest BCUT2D eigenvalue weighted by Crippen LogP contribution is 2.41. The number of halogens is 2. The second-order valence-electron chi connectivity index (χ2n) is 5.89. The molecular formula is C19H10Br2N2O3S2. The number of hydrogen-bond donors (Lipinski definition) is 2. The van der Waals surface area contributed by atoms with Crippen molar-refractivity contribution in [2.24, 2.45) is 0 Å². The van der Waals surface area contributed by atoms with Crippen molar-refractivity contribution in [3.05, 3.63) is 68.1 Å². The average Bonchev–Trinajstić information content (AvgIpc) is 3.20. The molecule has 0 radical (unpaired) electrons. The summed E-state index contributed by atoms with van der Waals surface area (Å²) in [6.45, 7) is 0. The lowest BCUT2D eigenvalue weighted by molar-refractivity contribution is -0.113. The van der Waals surface area contributed by atoms with E-state index in [0.717, 1.165) is 22.7 Å². The molecule has 1 fully saturated rings. The number of nitrogens with one attached hydrogen (secondary N) is 1. The smallest absolute Gasteiger partial charge is 0.270 e. The second-order valence-corrected chi connectivity index (χ2v) is 9.27. The fraction of sp³-hybridized carbons (Fsp3) is 0. The zero-order valence-electron chi connectivity index (χ0n) is 13.9. The maximum atomic E-state index is 12.9. The van der Waals surface area contributed by atoms with Crippen LogP contribution in [-0.4, -0.2) is 26.1 Å². The van der Waals surface area contributed by atoms with E-state index in [1.807, 2.05) is 24.3 Å². The quantitative estimate of drug-likeness (QED) is 0.261. The Morgan fingerprint density at radius 2 is 1.89 bits per heavy atom. The second kappa shape index (κ2) is 7.47. The fourth-order valence-corrected chi connectivity index (χ4v) is 5.28. The first kappa shape index (κ1) is 19.4. The number of rotatable bonds is 3. The molecule has 0 aliphatic carbocycles. The van der Waals surface area contributed by atoms with E-state index < -0.39 is 0 Å². The van der Waals surface area contributed by atoms with E-state index in [2.05, 4.69) is 36.8 Å². The van der Waals surface area contributed by atoms with Crippen LogP contribution in [0.2, 0.25) is 0 Å². The molecule has 1 aliphatic heterocycles. The number of carbonyl (C=O) groups is 2. The van der Waals surface area contributed by atoms with Crippen molar-refractivity contribution in [1.29, 1.82) is 0 Å². The highest BCUT2D eigenvalue weighted by molar-refractivity contribution is 9.11. The third-order valence-electron chi connectivity index (χ3n) is 4.17. The van der Waals surface area contributed by atoms with Gasteiger partial charge in [0.15, 0.2) is 10.1 Å². The zero-order chi connectivity index (χ0) is 20.0. The van der Waals surface area contributed by atoms with Crippen LogP contribution in [-0.2, 0) is 4.79 Å². The van der Waals surface area contributed by atoms with E-state index in [9.17, 15) is 14.7 Å². The molecule has 140 valence electrons. The molecule has 2 heterocycles. The summed E-state index contributed by atoms with van der Waals surface area (Å²) in [5.74, 6) is -0.627. The first-order valence-electron chi connectivity index (χ1n) is 7.93. The average molecular weight is 538 g/mol. The summed E-state index contributed by atoms with van der Waals surface area (Å²) in [5.41, 5.74) is 1.84. The predicted molar refractivity (Wildman–Crippen MR) is 122 cm³/mol. The topological polar surface area (TPSA) is 73.4 Å².